The van der Waals surface area contributed by atoms with E-state index in [0.29, 0.717) is 6.26 Å². The highest BCUT2D eigenvalue weighted by Crippen LogP contribution is 1.90. The zero-order valence-electron chi connectivity index (χ0n) is 9.49. The van der Waals surface area contributed by atoms with E-state index in [1.807, 2.05) is 0 Å². The van der Waals surface area contributed by atoms with Gasteiger partial charge < -0.3 is 4.55 Å². The second kappa shape index (κ2) is 6.76. The zero-order valence-corrected chi connectivity index (χ0v) is 10.3. The van der Waals surface area contributed by atoms with E-state index in [-0.39, 0.29) is 0 Å². The van der Waals surface area contributed by atoms with Gasteiger partial charge in [-0.25, -0.2) is 8.42 Å². The van der Waals surface area contributed by atoms with Gasteiger partial charge in [0.15, 0.2) is 0 Å². The Morgan fingerprint density at radius 1 is 1.47 bits per heavy atom. The van der Waals surface area contributed by atoms with Crippen molar-refractivity contribution in [2.24, 2.45) is 0 Å². The van der Waals surface area contributed by atoms with Crippen molar-refractivity contribution < 1.29 is 17.9 Å². The third kappa shape index (κ3) is 9.65. The summed E-state index contributed by atoms with van der Waals surface area (Å²) in [5.74, 6) is 0. The van der Waals surface area contributed by atoms with Gasteiger partial charge in [0.1, 0.15) is 5.70 Å². The van der Waals surface area contributed by atoms with Crippen LogP contribution in [0.15, 0.2) is 24.0 Å². The van der Waals surface area contributed by atoms with Crippen LogP contribution in [0.5, 0.6) is 0 Å². The molecule has 0 radical (unpaired) electrons. The summed E-state index contributed by atoms with van der Waals surface area (Å²) in [5.41, 5.74) is 1.45. The van der Waals surface area contributed by atoms with Crippen LogP contribution in [0.4, 0.5) is 0 Å². The maximum absolute atomic E-state index is 9.08. The van der Waals surface area contributed by atoms with Gasteiger partial charge in [-0.05, 0) is 18.6 Å². The molecule has 1 aliphatic heterocycles. The van der Waals surface area contributed by atoms with Gasteiger partial charge in [-0.3, -0.25) is 4.90 Å². The molecule has 0 amide bonds. The van der Waals surface area contributed by atoms with Gasteiger partial charge in [0.2, 0.25) is 0 Å². The molecule has 0 aromatic carbocycles. The average Bonchev–Trinajstić information content (AvgIpc) is 2.45. The van der Waals surface area contributed by atoms with Crippen molar-refractivity contribution in [2.45, 2.75) is 26.7 Å². The minimum Gasteiger partial charge on any atom is -0.748 e. The molecule has 0 fully saturated rings. The highest BCUT2D eigenvalue weighted by molar-refractivity contribution is 7.84. The Balaban J connectivity index is 0.000000336. The molecule has 4 nitrogen and oxygen atoms in total. The van der Waals surface area contributed by atoms with Crippen LogP contribution in [0.3, 0.4) is 0 Å². The first-order valence-corrected chi connectivity index (χ1v) is 6.78. The van der Waals surface area contributed by atoms with Gasteiger partial charge >= 0.3 is 0 Å². The summed E-state index contributed by atoms with van der Waals surface area (Å²) in [6.45, 7) is 5.68. The summed E-state index contributed by atoms with van der Waals surface area (Å²) < 4.78 is 27.2. The molecule has 1 N–H and O–H groups in total. The molecule has 1 rings (SSSR count). The van der Waals surface area contributed by atoms with Crippen LogP contribution in [0.25, 0.3) is 0 Å². The zero-order chi connectivity index (χ0) is 11.9. The van der Waals surface area contributed by atoms with Crippen molar-refractivity contribution in [1.82, 2.24) is 0 Å². The number of hydrogen-bond acceptors (Lipinski definition) is 3. The van der Waals surface area contributed by atoms with E-state index in [4.69, 9.17) is 13.0 Å². The molecule has 88 valence electrons. The predicted molar refractivity (Wildman–Crippen MR) is 59.3 cm³/mol. The van der Waals surface area contributed by atoms with Crippen molar-refractivity contribution in [1.29, 1.82) is 0 Å². The Kier molecular flexibility index (Phi) is 6.47. The quantitative estimate of drug-likeness (QED) is 0.711. The van der Waals surface area contributed by atoms with Gasteiger partial charge in [0.05, 0.1) is 22.9 Å². The van der Waals surface area contributed by atoms with Gasteiger partial charge in [0.25, 0.3) is 0 Å². The normalized spacial score (nSPS) is 19.5. The lowest BCUT2D eigenvalue weighted by molar-refractivity contribution is -0.802. The van der Waals surface area contributed by atoms with Crippen LogP contribution < -0.4 is 4.90 Å². The molecule has 0 bridgehead atoms. The third-order valence-electron chi connectivity index (χ3n) is 1.95. The molecule has 0 saturated heterocycles. The molecule has 1 aliphatic rings. The second-order valence-corrected chi connectivity index (χ2v) is 4.95. The van der Waals surface area contributed by atoms with E-state index in [1.165, 1.54) is 30.0 Å². The molecule has 0 aromatic rings. The number of nitrogens with one attached hydrogen (secondary N) is 1. The van der Waals surface area contributed by atoms with Crippen LogP contribution >= 0.6 is 0 Å². The smallest absolute Gasteiger partial charge is 0.109 e. The van der Waals surface area contributed by atoms with Crippen molar-refractivity contribution in [2.75, 3.05) is 12.8 Å². The van der Waals surface area contributed by atoms with E-state index >= 15 is 0 Å². The second-order valence-electron chi connectivity index (χ2n) is 3.54. The molecule has 0 saturated carbocycles. The monoisotopic (exact) mass is 233 g/mol. The molecule has 1 unspecified atom stereocenters. The number of unbranched alkanes of at least 4 members (excludes halogenated alkanes) is 1. The summed E-state index contributed by atoms with van der Waals surface area (Å²) in [6, 6.07) is 0. The Morgan fingerprint density at radius 2 is 2.00 bits per heavy atom. The summed E-state index contributed by atoms with van der Waals surface area (Å²) >= 11 is 0. The fourth-order valence-electron chi connectivity index (χ4n) is 1.19. The average molecular weight is 233 g/mol. The molecular weight excluding hydrogens is 214 g/mol. The first-order valence-electron chi connectivity index (χ1n) is 4.96. The highest BCUT2D eigenvalue weighted by Gasteiger charge is 2.09. The highest BCUT2D eigenvalue weighted by atomic mass is 32.2. The summed E-state index contributed by atoms with van der Waals surface area (Å²) in [4.78, 5) is 1.53. The van der Waals surface area contributed by atoms with Crippen molar-refractivity contribution in [3.05, 3.63) is 24.0 Å². The maximum atomic E-state index is 9.08. The molecule has 1 heterocycles. The van der Waals surface area contributed by atoms with Crippen LogP contribution in [-0.2, 0) is 10.1 Å². The van der Waals surface area contributed by atoms with Crippen molar-refractivity contribution in [3.63, 3.8) is 0 Å². The van der Waals surface area contributed by atoms with Crippen molar-refractivity contribution in [3.8, 4) is 0 Å². The Labute approximate surface area is 92.0 Å². The fourth-order valence-corrected chi connectivity index (χ4v) is 1.19. The third-order valence-corrected chi connectivity index (χ3v) is 1.95. The summed E-state index contributed by atoms with van der Waals surface area (Å²) in [6.07, 6.45) is 9.78. The van der Waals surface area contributed by atoms with E-state index in [9.17, 15) is 0 Å². The molecule has 0 aromatic heterocycles. The molecule has 5 heteroatoms. The van der Waals surface area contributed by atoms with Gasteiger partial charge in [-0.2, -0.15) is 0 Å². The van der Waals surface area contributed by atoms with Crippen LogP contribution in [0, 0.1) is 0 Å². The van der Waals surface area contributed by atoms with Crippen LogP contribution in [0.1, 0.15) is 26.7 Å². The summed E-state index contributed by atoms with van der Waals surface area (Å²) in [5, 5.41) is 0. The van der Waals surface area contributed by atoms with Gasteiger partial charge in [-0.1, -0.05) is 13.3 Å². The number of hydrogen-bond donors (Lipinski definition) is 1. The Hall–Kier alpha value is -0.650. The van der Waals surface area contributed by atoms with Gasteiger partial charge in [-0.15, -0.1) is 0 Å². The van der Waals surface area contributed by atoms with Gasteiger partial charge in [0, 0.05) is 13.2 Å². The Morgan fingerprint density at radius 3 is 2.33 bits per heavy atom. The molecular formula is C10H19NO3S. The predicted octanol–water partition coefficient (Wildman–Crippen LogP) is 0.264. The van der Waals surface area contributed by atoms with Crippen LogP contribution in [0.2, 0.25) is 0 Å². The first-order chi connectivity index (χ1) is 6.84. The number of rotatable bonds is 3. The van der Waals surface area contributed by atoms with E-state index in [1.54, 1.807) is 0 Å². The topological polar surface area (TPSA) is 61.6 Å². The standard InChI is InChI=1S/C9H15N.CH4O3S/c1-3-4-7-10-8-5-6-9(10)2;1-5(2,3)4/h5-6,8H,3-4,7H2,1-2H3;1H3,(H,2,3,4). The first kappa shape index (κ1) is 14.3. The lowest BCUT2D eigenvalue weighted by atomic mass is 10.3. The maximum Gasteiger partial charge on any atom is 0.109 e. The minimum atomic E-state index is -3.92. The summed E-state index contributed by atoms with van der Waals surface area (Å²) in [7, 11) is -3.92. The largest absolute Gasteiger partial charge is 0.748 e. The fraction of sp³-hybridized carbons (Fsp3) is 0.600. The van der Waals surface area contributed by atoms with E-state index in [0.717, 1.165) is 0 Å². The lowest BCUT2D eigenvalue weighted by Crippen LogP contribution is -3.04. The molecule has 15 heavy (non-hydrogen) atoms. The van der Waals surface area contributed by atoms with E-state index < -0.39 is 10.1 Å². The molecule has 1 atom stereocenters. The Bertz CT molecular complexity index is 323. The number of quaternary nitrogens is 1. The van der Waals surface area contributed by atoms with E-state index in [2.05, 4.69) is 32.2 Å². The molecule has 0 spiro atoms. The van der Waals surface area contributed by atoms with Crippen LogP contribution in [-0.4, -0.2) is 25.8 Å². The number of allylic oxidation sites excluding steroid dienone is 3. The molecule has 0 aliphatic carbocycles. The SMILES string of the molecule is CCCC[NH+]1C=CC=C1C.CS(=O)(=O)[O-]. The lowest BCUT2D eigenvalue weighted by Gasteiger charge is -2.09. The minimum absolute atomic E-state index is 0.604. The van der Waals surface area contributed by atoms with Crippen molar-refractivity contribution >= 4 is 10.1 Å².